The van der Waals surface area contributed by atoms with Crippen molar-refractivity contribution < 1.29 is 13.2 Å². The van der Waals surface area contributed by atoms with Crippen molar-refractivity contribution in [2.45, 2.75) is 18.4 Å². The molecule has 118 valence electrons. The number of hydrogen-bond donors (Lipinski definition) is 0. The monoisotopic (exact) mass is 321 g/mol. The maximum atomic E-state index is 12.6. The van der Waals surface area contributed by atoms with Gasteiger partial charge in [-0.1, -0.05) is 6.07 Å². The van der Waals surface area contributed by atoms with Crippen molar-refractivity contribution in [3.05, 3.63) is 47.8 Å². The van der Waals surface area contributed by atoms with Crippen LogP contribution in [0.3, 0.4) is 0 Å². The molecule has 0 saturated heterocycles. The highest BCUT2D eigenvalue weighted by molar-refractivity contribution is 7.90. The molecule has 1 heterocycles. The number of amides is 1. The highest BCUT2D eigenvalue weighted by atomic mass is 32.2. The Hall–Kier alpha value is -2.15. The van der Waals surface area contributed by atoms with Gasteiger partial charge in [0, 0.05) is 43.7 Å². The van der Waals surface area contributed by atoms with E-state index in [0.717, 1.165) is 11.8 Å². The number of nitrogens with zero attached hydrogens (tertiary/aromatic N) is 3. The van der Waals surface area contributed by atoms with Gasteiger partial charge in [-0.15, -0.1) is 0 Å². The standard InChI is InChI=1S/C15H19N3O3S/c1-4-18(11-12-9-16-17(2)10-12)15(19)13-6-5-7-14(8-13)22(3,20)21/h5-10H,4,11H2,1-3H3. The van der Waals surface area contributed by atoms with Gasteiger partial charge in [0.25, 0.3) is 5.91 Å². The highest BCUT2D eigenvalue weighted by Crippen LogP contribution is 2.14. The zero-order valence-electron chi connectivity index (χ0n) is 12.9. The Morgan fingerprint density at radius 2 is 2.09 bits per heavy atom. The first kappa shape index (κ1) is 16.2. The molecule has 2 rings (SSSR count). The van der Waals surface area contributed by atoms with Crippen LogP contribution in [-0.4, -0.2) is 41.8 Å². The number of aromatic nitrogens is 2. The molecular weight excluding hydrogens is 302 g/mol. The quantitative estimate of drug-likeness (QED) is 0.836. The maximum Gasteiger partial charge on any atom is 0.254 e. The van der Waals surface area contributed by atoms with Crippen LogP contribution in [0.1, 0.15) is 22.8 Å². The van der Waals surface area contributed by atoms with Crippen LogP contribution in [0.25, 0.3) is 0 Å². The van der Waals surface area contributed by atoms with Gasteiger partial charge in [0.05, 0.1) is 11.1 Å². The summed E-state index contributed by atoms with van der Waals surface area (Å²) in [5, 5.41) is 4.08. The van der Waals surface area contributed by atoms with Crippen LogP contribution in [0, 0.1) is 0 Å². The van der Waals surface area contributed by atoms with Crippen molar-refractivity contribution >= 4 is 15.7 Å². The summed E-state index contributed by atoms with van der Waals surface area (Å²) in [6, 6.07) is 6.12. The van der Waals surface area contributed by atoms with Gasteiger partial charge in [-0.05, 0) is 25.1 Å². The first-order valence-corrected chi connectivity index (χ1v) is 8.77. The van der Waals surface area contributed by atoms with Gasteiger partial charge >= 0.3 is 0 Å². The minimum atomic E-state index is -3.33. The number of hydrogen-bond acceptors (Lipinski definition) is 4. The summed E-state index contributed by atoms with van der Waals surface area (Å²) in [5.41, 5.74) is 1.30. The molecule has 0 aliphatic carbocycles. The van der Waals surface area contributed by atoms with Gasteiger partial charge in [-0.2, -0.15) is 5.10 Å². The fourth-order valence-corrected chi connectivity index (χ4v) is 2.81. The number of carbonyl (C=O) groups excluding carboxylic acids is 1. The zero-order valence-corrected chi connectivity index (χ0v) is 13.7. The van der Waals surface area contributed by atoms with Crippen LogP contribution in [0.5, 0.6) is 0 Å². The molecule has 0 atom stereocenters. The number of rotatable bonds is 5. The van der Waals surface area contributed by atoms with E-state index in [1.165, 1.54) is 12.1 Å². The average Bonchev–Trinajstić information content (AvgIpc) is 2.88. The number of sulfone groups is 1. The van der Waals surface area contributed by atoms with Crippen LogP contribution in [0.4, 0.5) is 0 Å². The predicted molar refractivity (Wildman–Crippen MR) is 83.2 cm³/mol. The Morgan fingerprint density at radius 3 is 2.64 bits per heavy atom. The van der Waals surface area contributed by atoms with Gasteiger partial charge in [-0.25, -0.2) is 8.42 Å². The number of aryl methyl sites for hydroxylation is 1. The fraction of sp³-hybridized carbons (Fsp3) is 0.333. The van der Waals surface area contributed by atoms with E-state index in [0.29, 0.717) is 18.7 Å². The van der Waals surface area contributed by atoms with Crippen molar-refractivity contribution in [3.63, 3.8) is 0 Å². The summed E-state index contributed by atoms with van der Waals surface area (Å²) in [6.45, 7) is 2.85. The molecule has 22 heavy (non-hydrogen) atoms. The molecule has 0 fully saturated rings. The third-order valence-corrected chi connectivity index (χ3v) is 4.42. The minimum Gasteiger partial charge on any atom is -0.334 e. The molecule has 0 saturated carbocycles. The van der Waals surface area contributed by atoms with Crippen LogP contribution < -0.4 is 0 Å². The molecule has 0 aliphatic heterocycles. The van der Waals surface area contributed by atoms with Crippen LogP contribution in [0.15, 0.2) is 41.6 Å². The second-order valence-electron chi connectivity index (χ2n) is 5.14. The topological polar surface area (TPSA) is 72.3 Å². The molecule has 6 nitrogen and oxygen atoms in total. The molecule has 0 radical (unpaired) electrons. The summed E-state index contributed by atoms with van der Waals surface area (Å²) < 4.78 is 24.9. The van der Waals surface area contributed by atoms with Crippen molar-refractivity contribution in [2.24, 2.45) is 7.05 Å². The van der Waals surface area contributed by atoms with Gasteiger partial charge in [-0.3, -0.25) is 9.48 Å². The molecular formula is C15H19N3O3S. The summed E-state index contributed by atoms with van der Waals surface area (Å²) in [4.78, 5) is 14.4. The van der Waals surface area contributed by atoms with E-state index < -0.39 is 9.84 Å². The van der Waals surface area contributed by atoms with Crippen molar-refractivity contribution in [2.75, 3.05) is 12.8 Å². The van der Waals surface area contributed by atoms with Crippen molar-refractivity contribution in [1.82, 2.24) is 14.7 Å². The summed E-state index contributed by atoms with van der Waals surface area (Å²) in [6.07, 6.45) is 4.69. The normalized spacial score (nSPS) is 11.4. The van der Waals surface area contributed by atoms with Crippen LogP contribution >= 0.6 is 0 Å². The average molecular weight is 321 g/mol. The Morgan fingerprint density at radius 1 is 1.36 bits per heavy atom. The number of carbonyl (C=O) groups is 1. The van der Waals surface area contributed by atoms with Gasteiger partial charge in [0.2, 0.25) is 0 Å². The first-order chi connectivity index (χ1) is 10.3. The smallest absolute Gasteiger partial charge is 0.254 e. The number of benzene rings is 1. The van der Waals surface area contributed by atoms with Crippen molar-refractivity contribution in [3.8, 4) is 0 Å². The molecule has 0 aliphatic rings. The first-order valence-electron chi connectivity index (χ1n) is 6.88. The Balaban J connectivity index is 2.25. The highest BCUT2D eigenvalue weighted by Gasteiger charge is 2.17. The Bertz CT molecular complexity index is 781. The molecule has 1 aromatic carbocycles. The maximum absolute atomic E-state index is 12.6. The third kappa shape index (κ3) is 3.73. The van der Waals surface area contributed by atoms with Gasteiger partial charge in [0.15, 0.2) is 9.84 Å². The molecule has 0 bridgehead atoms. The summed E-state index contributed by atoms with van der Waals surface area (Å²) in [5.74, 6) is -0.197. The molecule has 7 heteroatoms. The predicted octanol–water partition coefficient (Wildman–Crippen LogP) is 1.49. The molecule has 0 unspecified atom stereocenters. The van der Waals surface area contributed by atoms with Crippen molar-refractivity contribution in [1.29, 1.82) is 0 Å². The van der Waals surface area contributed by atoms with Crippen LogP contribution in [0.2, 0.25) is 0 Å². The summed E-state index contributed by atoms with van der Waals surface area (Å²) >= 11 is 0. The Kier molecular flexibility index (Phi) is 4.65. The SMILES string of the molecule is CCN(Cc1cnn(C)c1)C(=O)c1cccc(S(C)(=O)=O)c1. The van der Waals surface area contributed by atoms with E-state index >= 15 is 0 Å². The van der Waals surface area contributed by atoms with E-state index in [2.05, 4.69) is 5.10 Å². The molecule has 2 aromatic rings. The second kappa shape index (κ2) is 6.31. The largest absolute Gasteiger partial charge is 0.334 e. The van der Waals surface area contributed by atoms with E-state index in [9.17, 15) is 13.2 Å². The third-order valence-electron chi connectivity index (χ3n) is 3.31. The molecule has 0 N–H and O–H groups in total. The Labute approximate surface area is 130 Å². The van der Waals surface area contributed by atoms with E-state index in [1.807, 2.05) is 20.2 Å². The minimum absolute atomic E-state index is 0.149. The summed E-state index contributed by atoms with van der Waals surface area (Å²) in [7, 11) is -1.51. The fourth-order valence-electron chi connectivity index (χ4n) is 2.14. The molecule has 1 amide bonds. The lowest BCUT2D eigenvalue weighted by Crippen LogP contribution is -2.30. The molecule has 0 spiro atoms. The lowest BCUT2D eigenvalue weighted by atomic mass is 10.2. The van der Waals surface area contributed by atoms with Gasteiger partial charge in [0.1, 0.15) is 0 Å². The zero-order chi connectivity index (χ0) is 16.3. The van der Waals surface area contributed by atoms with Gasteiger partial charge < -0.3 is 4.90 Å². The lowest BCUT2D eigenvalue weighted by Gasteiger charge is -2.20. The van der Waals surface area contributed by atoms with E-state index in [1.54, 1.807) is 27.9 Å². The van der Waals surface area contributed by atoms with Crippen LogP contribution in [-0.2, 0) is 23.4 Å². The molecule has 1 aromatic heterocycles. The lowest BCUT2D eigenvalue weighted by molar-refractivity contribution is 0.0752. The van der Waals surface area contributed by atoms with E-state index in [4.69, 9.17) is 0 Å². The van der Waals surface area contributed by atoms with E-state index in [-0.39, 0.29) is 10.8 Å². The second-order valence-corrected chi connectivity index (χ2v) is 7.16.